The van der Waals surface area contributed by atoms with Crippen molar-refractivity contribution in [1.29, 1.82) is 0 Å². The minimum Gasteiger partial charge on any atom is -0.497 e. The molecular weight excluding hydrogens is 286 g/mol. The Bertz CT molecular complexity index is 477. The van der Waals surface area contributed by atoms with E-state index in [2.05, 4.69) is 19.2 Å². The smallest absolute Gasteiger partial charge is 0.127 e. The van der Waals surface area contributed by atoms with E-state index in [0.717, 1.165) is 17.1 Å². The first-order valence-corrected chi connectivity index (χ1v) is 8.59. The van der Waals surface area contributed by atoms with Crippen molar-refractivity contribution in [3.63, 3.8) is 0 Å². The minimum atomic E-state index is -0.892. The Hall–Kier alpha value is -1.07. The predicted octanol–water partition coefficient (Wildman–Crippen LogP) is 2.76. The second-order valence-corrected chi connectivity index (χ2v) is 7.28. The van der Waals surface area contributed by atoms with Crippen LogP contribution in [0, 0.1) is 5.92 Å². The highest BCUT2D eigenvalue weighted by molar-refractivity contribution is 7.85. The van der Waals surface area contributed by atoms with Gasteiger partial charge in [-0.1, -0.05) is 26.8 Å². The molecule has 0 aromatic heterocycles. The van der Waals surface area contributed by atoms with E-state index in [1.807, 2.05) is 32.2 Å². The SMILES string of the molecule is CNC(CS(=O)C(C)C(C)C)c1ccc(OC)cc1OC. The molecule has 0 radical (unpaired) electrons. The molecule has 21 heavy (non-hydrogen) atoms. The molecule has 1 rings (SSSR count). The second-order valence-electron chi connectivity index (χ2n) is 5.45. The summed E-state index contributed by atoms with van der Waals surface area (Å²) >= 11 is 0. The first kappa shape index (κ1) is 18.0. The molecule has 1 aromatic rings. The van der Waals surface area contributed by atoms with Crippen LogP contribution in [-0.2, 0) is 10.8 Å². The van der Waals surface area contributed by atoms with E-state index in [-0.39, 0.29) is 11.3 Å². The maximum absolute atomic E-state index is 12.5. The van der Waals surface area contributed by atoms with Crippen LogP contribution in [0.3, 0.4) is 0 Å². The van der Waals surface area contributed by atoms with Crippen molar-refractivity contribution in [2.24, 2.45) is 5.92 Å². The Labute approximate surface area is 130 Å². The van der Waals surface area contributed by atoms with Crippen molar-refractivity contribution in [3.8, 4) is 11.5 Å². The lowest BCUT2D eigenvalue weighted by atomic mass is 10.1. The summed E-state index contributed by atoms with van der Waals surface area (Å²) in [5.41, 5.74) is 1.00. The summed E-state index contributed by atoms with van der Waals surface area (Å²) in [4.78, 5) is 0. The molecule has 3 unspecified atom stereocenters. The molecule has 0 amide bonds. The Balaban J connectivity index is 2.97. The molecular formula is C16H27NO3S. The fourth-order valence-corrected chi connectivity index (χ4v) is 3.64. The van der Waals surface area contributed by atoms with Crippen LogP contribution in [0.2, 0.25) is 0 Å². The lowest BCUT2D eigenvalue weighted by Gasteiger charge is -2.22. The van der Waals surface area contributed by atoms with Gasteiger partial charge in [-0.05, 0) is 19.0 Å². The molecule has 0 bridgehead atoms. The molecule has 3 atom stereocenters. The molecule has 1 aromatic carbocycles. The zero-order valence-corrected chi connectivity index (χ0v) is 14.6. The van der Waals surface area contributed by atoms with E-state index in [9.17, 15) is 4.21 Å². The standard InChI is InChI=1S/C16H27NO3S/c1-11(2)12(3)21(18)10-15(17-4)14-8-7-13(19-5)9-16(14)20-6/h7-9,11-12,15,17H,10H2,1-6H3. The molecule has 0 aliphatic rings. The summed E-state index contributed by atoms with van der Waals surface area (Å²) in [6.07, 6.45) is 0. The third-order valence-corrected chi connectivity index (χ3v) is 5.88. The summed E-state index contributed by atoms with van der Waals surface area (Å²) in [6.45, 7) is 6.24. The van der Waals surface area contributed by atoms with Gasteiger partial charge in [-0.15, -0.1) is 0 Å². The van der Waals surface area contributed by atoms with Gasteiger partial charge in [-0.2, -0.15) is 0 Å². The molecule has 0 saturated heterocycles. The maximum atomic E-state index is 12.5. The van der Waals surface area contributed by atoms with Crippen LogP contribution in [0.4, 0.5) is 0 Å². The van der Waals surface area contributed by atoms with Gasteiger partial charge in [0.05, 0.1) is 14.2 Å². The average Bonchev–Trinajstić information content (AvgIpc) is 2.50. The maximum Gasteiger partial charge on any atom is 0.127 e. The number of nitrogens with one attached hydrogen (secondary N) is 1. The largest absolute Gasteiger partial charge is 0.497 e. The average molecular weight is 313 g/mol. The fraction of sp³-hybridized carbons (Fsp3) is 0.625. The quantitative estimate of drug-likeness (QED) is 0.802. The zero-order valence-electron chi connectivity index (χ0n) is 13.8. The topological polar surface area (TPSA) is 47.6 Å². The summed E-state index contributed by atoms with van der Waals surface area (Å²) < 4.78 is 23.1. The van der Waals surface area contributed by atoms with Gasteiger partial charge in [0, 0.05) is 39.5 Å². The van der Waals surface area contributed by atoms with Gasteiger partial charge in [0.1, 0.15) is 11.5 Å². The number of rotatable bonds is 8. The third-order valence-electron chi connectivity index (χ3n) is 3.85. The minimum absolute atomic E-state index is 0.00658. The lowest BCUT2D eigenvalue weighted by molar-refractivity contribution is 0.387. The van der Waals surface area contributed by atoms with E-state index < -0.39 is 10.8 Å². The molecule has 120 valence electrons. The summed E-state index contributed by atoms with van der Waals surface area (Å²) in [6, 6.07) is 5.72. The highest BCUT2D eigenvalue weighted by atomic mass is 32.2. The number of ether oxygens (including phenoxy) is 2. The van der Waals surface area contributed by atoms with E-state index in [1.165, 1.54) is 0 Å². The van der Waals surface area contributed by atoms with Gasteiger partial charge >= 0.3 is 0 Å². The Morgan fingerprint density at radius 3 is 2.33 bits per heavy atom. The monoisotopic (exact) mass is 313 g/mol. The van der Waals surface area contributed by atoms with Crippen LogP contribution < -0.4 is 14.8 Å². The van der Waals surface area contributed by atoms with E-state index in [4.69, 9.17) is 9.47 Å². The molecule has 0 heterocycles. The van der Waals surface area contributed by atoms with Crippen molar-refractivity contribution in [1.82, 2.24) is 5.32 Å². The van der Waals surface area contributed by atoms with Gasteiger partial charge in [-0.3, -0.25) is 4.21 Å². The molecule has 4 nitrogen and oxygen atoms in total. The Morgan fingerprint density at radius 2 is 1.86 bits per heavy atom. The van der Waals surface area contributed by atoms with Gasteiger partial charge in [0.2, 0.25) is 0 Å². The third kappa shape index (κ3) is 4.71. The Kier molecular flexibility index (Phi) is 7.18. The summed E-state index contributed by atoms with van der Waals surface area (Å²) in [5.74, 6) is 2.48. The normalized spacial score (nSPS) is 15.6. The first-order valence-electron chi connectivity index (χ1n) is 7.20. The second kappa shape index (κ2) is 8.39. The van der Waals surface area contributed by atoms with Crippen molar-refractivity contribution in [2.45, 2.75) is 32.1 Å². The van der Waals surface area contributed by atoms with Gasteiger partial charge in [-0.25, -0.2) is 0 Å². The Morgan fingerprint density at radius 1 is 1.19 bits per heavy atom. The first-order chi connectivity index (χ1) is 9.94. The zero-order chi connectivity index (χ0) is 16.0. The van der Waals surface area contributed by atoms with Crippen molar-refractivity contribution < 1.29 is 13.7 Å². The molecule has 0 aliphatic heterocycles. The molecule has 0 saturated carbocycles. The predicted molar refractivity (Wildman–Crippen MR) is 88.7 cm³/mol. The molecule has 0 aliphatic carbocycles. The lowest BCUT2D eigenvalue weighted by Crippen LogP contribution is -2.29. The molecule has 0 spiro atoms. The van der Waals surface area contributed by atoms with Crippen molar-refractivity contribution in [2.75, 3.05) is 27.0 Å². The van der Waals surface area contributed by atoms with Crippen LogP contribution in [0.5, 0.6) is 11.5 Å². The summed E-state index contributed by atoms with van der Waals surface area (Å²) in [7, 11) is 4.25. The highest BCUT2D eigenvalue weighted by Crippen LogP contribution is 2.30. The number of benzene rings is 1. The van der Waals surface area contributed by atoms with E-state index in [0.29, 0.717) is 11.7 Å². The van der Waals surface area contributed by atoms with Crippen LogP contribution >= 0.6 is 0 Å². The van der Waals surface area contributed by atoms with Crippen LogP contribution in [0.15, 0.2) is 18.2 Å². The molecule has 5 heteroatoms. The van der Waals surface area contributed by atoms with E-state index >= 15 is 0 Å². The van der Waals surface area contributed by atoms with E-state index in [1.54, 1.807) is 14.2 Å². The highest BCUT2D eigenvalue weighted by Gasteiger charge is 2.22. The van der Waals surface area contributed by atoms with Crippen LogP contribution in [0.1, 0.15) is 32.4 Å². The molecule has 0 fully saturated rings. The number of hydrogen-bond acceptors (Lipinski definition) is 4. The van der Waals surface area contributed by atoms with Crippen LogP contribution in [-0.4, -0.2) is 36.5 Å². The van der Waals surface area contributed by atoms with Crippen molar-refractivity contribution in [3.05, 3.63) is 23.8 Å². The summed E-state index contributed by atoms with van der Waals surface area (Å²) in [5, 5.41) is 3.41. The van der Waals surface area contributed by atoms with Crippen LogP contribution in [0.25, 0.3) is 0 Å². The van der Waals surface area contributed by atoms with Gasteiger partial charge in [0.25, 0.3) is 0 Å². The number of methoxy groups -OCH3 is 2. The van der Waals surface area contributed by atoms with Gasteiger partial charge < -0.3 is 14.8 Å². The molecule has 1 N–H and O–H groups in total. The fourth-order valence-electron chi connectivity index (χ4n) is 2.05. The van der Waals surface area contributed by atoms with Crippen molar-refractivity contribution >= 4 is 10.8 Å². The number of hydrogen-bond donors (Lipinski definition) is 1. The van der Waals surface area contributed by atoms with Gasteiger partial charge in [0.15, 0.2) is 0 Å².